The van der Waals surface area contributed by atoms with Crippen molar-refractivity contribution in [1.82, 2.24) is 0 Å². The zero-order valence-electron chi connectivity index (χ0n) is 10.5. The Morgan fingerprint density at radius 3 is 2.89 bits per heavy atom. The molecular formula is C13H14N2O3S. The summed E-state index contributed by atoms with van der Waals surface area (Å²) >= 11 is 1.60. The fraction of sp³-hybridized carbons (Fsp3) is 0.231. The minimum absolute atomic E-state index is 0.0143. The zero-order valence-corrected chi connectivity index (χ0v) is 11.3. The zero-order chi connectivity index (χ0) is 13.7. The van der Waals surface area contributed by atoms with E-state index in [1.165, 1.54) is 0 Å². The molecule has 0 saturated heterocycles. The Kier molecular flexibility index (Phi) is 4.35. The number of ether oxygens (including phenoxy) is 1. The van der Waals surface area contributed by atoms with Gasteiger partial charge in [-0.2, -0.15) is 11.3 Å². The van der Waals surface area contributed by atoms with Gasteiger partial charge in [0.05, 0.1) is 11.5 Å². The second kappa shape index (κ2) is 6.19. The van der Waals surface area contributed by atoms with Gasteiger partial charge in [0.1, 0.15) is 5.69 Å². The average Bonchev–Trinajstić information content (AvgIpc) is 2.89. The molecule has 0 fully saturated rings. The molecule has 0 aliphatic heterocycles. The van der Waals surface area contributed by atoms with Crippen molar-refractivity contribution in [3.05, 3.63) is 50.7 Å². The first kappa shape index (κ1) is 13.4. The van der Waals surface area contributed by atoms with Crippen molar-refractivity contribution in [3.63, 3.8) is 0 Å². The van der Waals surface area contributed by atoms with Crippen molar-refractivity contribution in [2.45, 2.75) is 13.5 Å². The van der Waals surface area contributed by atoms with Gasteiger partial charge in [-0.3, -0.25) is 10.1 Å². The molecule has 0 atom stereocenters. The smallest absolute Gasteiger partial charge is 0.333 e. The molecule has 0 amide bonds. The summed E-state index contributed by atoms with van der Waals surface area (Å²) in [5.74, 6) is 0.294. The largest absolute Gasteiger partial charge is 0.487 e. The molecule has 0 radical (unpaired) electrons. The van der Waals surface area contributed by atoms with Crippen LogP contribution in [0, 0.1) is 10.1 Å². The molecule has 0 aliphatic rings. The van der Waals surface area contributed by atoms with Gasteiger partial charge in [-0.05, 0) is 41.4 Å². The molecule has 19 heavy (non-hydrogen) atoms. The number of para-hydroxylation sites is 1. The van der Waals surface area contributed by atoms with E-state index in [9.17, 15) is 10.1 Å². The maximum atomic E-state index is 11.2. The van der Waals surface area contributed by atoms with Gasteiger partial charge in [-0.1, -0.05) is 6.07 Å². The van der Waals surface area contributed by atoms with E-state index in [0.29, 0.717) is 24.6 Å². The van der Waals surface area contributed by atoms with E-state index >= 15 is 0 Å². The van der Waals surface area contributed by atoms with Gasteiger partial charge in [-0.25, -0.2) is 0 Å². The van der Waals surface area contributed by atoms with E-state index in [0.717, 1.165) is 5.56 Å². The summed E-state index contributed by atoms with van der Waals surface area (Å²) in [4.78, 5) is 10.8. The maximum Gasteiger partial charge on any atom is 0.333 e. The van der Waals surface area contributed by atoms with Gasteiger partial charge >= 0.3 is 5.69 Å². The summed E-state index contributed by atoms with van der Waals surface area (Å²) in [5.41, 5.74) is 1.56. The van der Waals surface area contributed by atoms with Gasteiger partial charge in [-0.15, -0.1) is 0 Å². The molecule has 0 aliphatic carbocycles. The Morgan fingerprint density at radius 2 is 2.26 bits per heavy atom. The van der Waals surface area contributed by atoms with Crippen LogP contribution in [0.3, 0.4) is 0 Å². The lowest BCUT2D eigenvalue weighted by Crippen LogP contribution is -2.04. The van der Waals surface area contributed by atoms with Crippen LogP contribution in [0.5, 0.6) is 5.75 Å². The summed E-state index contributed by atoms with van der Waals surface area (Å²) < 4.78 is 5.30. The number of anilines is 1. The van der Waals surface area contributed by atoms with Crippen molar-refractivity contribution < 1.29 is 9.66 Å². The molecule has 0 spiro atoms. The Morgan fingerprint density at radius 1 is 1.42 bits per heavy atom. The third-order valence-electron chi connectivity index (χ3n) is 2.54. The molecule has 5 nitrogen and oxygen atoms in total. The Hall–Kier alpha value is -2.08. The highest BCUT2D eigenvalue weighted by molar-refractivity contribution is 7.07. The minimum Gasteiger partial charge on any atom is -0.487 e. The van der Waals surface area contributed by atoms with Crippen LogP contribution in [0.15, 0.2) is 35.0 Å². The first-order chi connectivity index (χ1) is 9.22. The van der Waals surface area contributed by atoms with Gasteiger partial charge in [0.2, 0.25) is 0 Å². The fourth-order valence-corrected chi connectivity index (χ4v) is 2.38. The number of benzene rings is 1. The first-order valence-electron chi connectivity index (χ1n) is 5.87. The molecule has 1 aromatic heterocycles. The quantitative estimate of drug-likeness (QED) is 0.647. The number of nitro benzene ring substituents is 1. The van der Waals surface area contributed by atoms with Gasteiger partial charge in [0.25, 0.3) is 0 Å². The SMILES string of the molecule is CCOc1cccc(NCc2ccsc2)c1[N+](=O)[O-]. The number of thiophene rings is 1. The van der Waals surface area contributed by atoms with E-state index < -0.39 is 4.92 Å². The predicted octanol–water partition coefficient (Wildman–Crippen LogP) is 3.67. The highest BCUT2D eigenvalue weighted by Crippen LogP contribution is 2.35. The number of hydrogen-bond acceptors (Lipinski definition) is 5. The summed E-state index contributed by atoms with van der Waals surface area (Å²) in [6, 6.07) is 7.02. The highest BCUT2D eigenvalue weighted by Gasteiger charge is 2.20. The van der Waals surface area contributed by atoms with Gasteiger partial charge in [0, 0.05) is 6.54 Å². The molecule has 0 saturated carbocycles. The van der Waals surface area contributed by atoms with Crippen molar-refractivity contribution in [3.8, 4) is 5.75 Å². The lowest BCUT2D eigenvalue weighted by Gasteiger charge is -2.09. The van der Waals surface area contributed by atoms with Gasteiger partial charge < -0.3 is 10.1 Å². The van der Waals surface area contributed by atoms with E-state index in [4.69, 9.17) is 4.74 Å². The second-order valence-electron chi connectivity index (χ2n) is 3.83. The van der Waals surface area contributed by atoms with Crippen molar-refractivity contribution in [2.75, 3.05) is 11.9 Å². The minimum atomic E-state index is -0.416. The number of nitrogens with one attached hydrogen (secondary N) is 1. The van der Waals surface area contributed by atoms with E-state index in [1.807, 2.05) is 16.8 Å². The van der Waals surface area contributed by atoms with Crippen LogP contribution in [-0.4, -0.2) is 11.5 Å². The summed E-state index contributed by atoms with van der Waals surface area (Å²) in [7, 11) is 0. The number of nitrogens with zero attached hydrogens (tertiary/aromatic N) is 1. The molecular weight excluding hydrogens is 264 g/mol. The van der Waals surface area contributed by atoms with Crippen LogP contribution < -0.4 is 10.1 Å². The molecule has 1 N–H and O–H groups in total. The van der Waals surface area contributed by atoms with Gasteiger partial charge in [0.15, 0.2) is 5.75 Å². The number of hydrogen-bond donors (Lipinski definition) is 1. The number of rotatable bonds is 6. The fourth-order valence-electron chi connectivity index (χ4n) is 1.72. The van der Waals surface area contributed by atoms with Crippen LogP contribution in [0.4, 0.5) is 11.4 Å². The van der Waals surface area contributed by atoms with Crippen LogP contribution in [-0.2, 0) is 6.54 Å². The molecule has 0 unspecified atom stereocenters. The van der Waals surface area contributed by atoms with E-state index in [1.54, 1.807) is 36.5 Å². The van der Waals surface area contributed by atoms with Crippen molar-refractivity contribution >= 4 is 22.7 Å². The van der Waals surface area contributed by atoms with Crippen molar-refractivity contribution in [2.24, 2.45) is 0 Å². The summed E-state index contributed by atoms with van der Waals surface area (Å²) in [6.45, 7) is 2.75. The maximum absolute atomic E-state index is 11.2. The van der Waals surface area contributed by atoms with Crippen molar-refractivity contribution in [1.29, 1.82) is 0 Å². The standard InChI is InChI=1S/C13H14N2O3S/c1-2-18-12-5-3-4-11(13(12)15(16)17)14-8-10-6-7-19-9-10/h3-7,9,14H,2,8H2,1H3. The van der Waals surface area contributed by atoms with Crippen LogP contribution in [0.25, 0.3) is 0 Å². The molecule has 2 aromatic rings. The number of nitro groups is 1. The average molecular weight is 278 g/mol. The highest BCUT2D eigenvalue weighted by atomic mass is 32.1. The first-order valence-corrected chi connectivity index (χ1v) is 6.81. The summed E-state index contributed by atoms with van der Waals surface area (Å²) in [6.07, 6.45) is 0. The molecule has 2 rings (SSSR count). The lowest BCUT2D eigenvalue weighted by molar-refractivity contribution is -0.384. The Bertz CT molecular complexity index is 555. The Labute approximate surface area is 115 Å². The van der Waals surface area contributed by atoms with E-state index in [2.05, 4.69) is 5.32 Å². The molecule has 0 bridgehead atoms. The molecule has 1 aromatic carbocycles. The predicted molar refractivity (Wildman–Crippen MR) is 75.9 cm³/mol. The van der Waals surface area contributed by atoms with Crippen LogP contribution in [0.2, 0.25) is 0 Å². The lowest BCUT2D eigenvalue weighted by atomic mass is 10.2. The van der Waals surface area contributed by atoms with Crippen LogP contribution >= 0.6 is 11.3 Å². The van der Waals surface area contributed by atoms with E-state index in [-0.39, 0.29) is 5.69 Å². The Balaban J connectivity index is 2.23. The third kappa shape index (κ3) is 3.23. The topological polar surface area (TPSA) is 64.4 Å². The molecule has 100 valence electrons. The molecule has 6 heteroatoms. The van der Waals surface area contributed by atoms with Crippen LogP contribution in [0.1, 0.15) is 12.5 Å². The monoisotopic (exact) mass is 278 g/mol. The third-order valence-corrected chi connectivity index (χ3v) is 3.28. The second-order valence-corrected chi connectivity index (χ2v) is 4.61. The summed E-state index contributed by atoms with van der Waals surface area (Å²) in [5, 5.41) is 18.2. The normalized spacial score (nSPS) is 10.2. The molecule has 1 heterocycles.